The van der Waals surface area contributed by atoms with Crippen LogP contribution in [0.15, 0.2) is 66.9 Å². The van der Waals surface area contributed by atoms with E-state index in [0.29, 0.717) is 33.3 Å². The van der Waals surface area contributed by atoms with Crippen LogP contribution in [0.3, 0.4) is 0 Å². The predicted octanol–water partition coefficient (Wildman–Crippen LogP) is 4.93. The maximum absolute atomic E-state index is 12.5. The Labute approximate surface area is 156 Å². The highest BCUT2D eigenvalue weighted by molar-refractivity contribution is 6.33. The number of amides is 1. The molecule has 0 bridgehead atoms. The number of nitrogens with one attached hydrogen (secondary N) is 2. The number of Topliss-reactive ketones (excluding diaryl/α,β-unsaturated/α-hetero) is 1. The van der Waals surface area contributed by atoms with Crippen molar-refractivity contribution >= 4 is 40.5 Å². The number of hydrogen-bond acceptors (Lipinski definition) is 4. The monoisotopic (exact) mass is 365 g/mol. The molecule has 1 amide bonds. The quantitative estimate of drug-likeness (QED) is 0.628. The summed E-state index contributed by atoms with van der Waals surface area (Å²) < 4.78 is 0. The molecule has 26 heavy (non-hydrogen) atoms. The standard InChI is InChI=1S/C20H16ClN3O2/c1-13(25)14-5-4-6-16(11-14)23-20(26)15-9-10-22-19(12-15)24-18-8-3-2-7-17(18)21/h2-12H,1H3,(H,22,24)(H,23,26). The first-order chi connectivity index (χ1) is 12.5. The minimum absolute atomic E-state index is 0.0590. The highest BCUT2D eigenvalue weighted by atomic mass is 35.5. The van der Waals surface area contributed by atoms with Crippen molar-refractivity contribution in [2.24, 2.45) is 0 Å². The molecule has 3 rings (SSSR count). The first-order valence-electron chi connectivity index (χ1n) is 7.93. The van der Waals surface area contributed by atoms with Gasteiger partial charge in [-0.2, -0.15) is 0 Å². The number of aromatic nitrogens is 1. The molecule has 5 nitrogen and oxygen atoms in total. The third kappa shape index (κ3) is 4.26. The normalized spacial score (nSPS) is 10.2. The lowest BCUT2D eigenvalue weighted by Gasteiger charge is -2.10. The van der Waals surface area contributed by atoms with E-state index in [1.807, 2.05) is 18.2 Å². The van der Waals surface area contributed by atoms with Crippen LogP contribution in [-0.4, -0.2) is 16.7 Å². The van der Waals surface area contributed by atoms with Gasteiger partial charge in [0, 0.05) is 23.0 Å². The average Bonchev–Trinajstić information content (AvgIpc) is 2.64. The third-order valence-corrected chi connectivity index (χ3v) is 4.02. The van der Waals surface area contributed by atoms with E-state index in [-0.39, 0.29) is 11.7 Å². The molecule has 0 fully saturated rings. The maximum Gasteiger partial charge on any atom is 0.255 e. The van der Waals surface area contributed by atoms with Crippen molar-refractivity contribution in [2.75, 3.05) is 10.6 Å². The minimum Gasteiger partial charge on any atom is -0.339 e. The molecule has 0 saturated carbocycles. The Balaban J connectivity index is 1.77. The fourth-order valence-corrected chi connectivity index (χ4v) is 2.54. The van der Waals surface area contributed by atoms with Crippen LogP contribution in [0.1, 0.15) is 27.6 Å². The molecule has 2 N–H and O–H groups in total. The second kappa shape index (κ2) is 7.80. The Morgan fingerprint density at radius 3 is 2.54 bits per heavy atom. The second-order valence-corrected chi connectivity index (χ2v) is 6.03. The topological polar surface area (TPSA) is 71.1 Å². The number of anilines is 3. The number of benzene rings is 2. The van der Waals surface area contributed by atoms with Crippen molar-refractivity contribution in [3.8, 4) is 0 Å². The largest absolute Gasteiger partial charge is 0.339 e. The molecule has 1 aromatic heterocycles. The molecule has 130 valence electrons. The lowest BCUT2D eigenvalue weighted by atomic mass is 10.1. The summed E-state index contributed by atoms with van der Waals surface area (Å²) in [5.41, 5.74) is 2.23. The fraction of sp³-hybridized carbons (Fsp3) is 0.0500. The Kier molecular flexibility index (Phi) is 5.29. The zero-order valence-electron chi connectivity index (χ0n) is 14.0. The molecule has 0 atom stereocenters. The molecule has 0 radical (unpaired) electrons. The molecule has 2 aromatic carbocycles. The molecule has 3 aromatic rings. The number of para-hydroxylation sites is 1. The fourth-order valence-electron chi connectivity index (χ4n) is 2.36. The first kappa shape index (κ1) is 17.6. The summed E-state index contributed by atoms with van der Waals surface area (Å²) in [7, 11) is 0. The van der Waals surface area contributed by atoms with Crippen molar-refractivity contribution in [1.82, 2.24) is 4.98 Å². The van der Waals surface area contributed by atoms with Crippen molar-refractivity contribution in [3.05, 3.63) is 83.0 Å². The van der Waals surface area contributed by atoms with Gasteiger partial charge in [0.2, 0.25) is 0 Å². The predicted molar refractivity (Wildman–Crippen MR) is 103 cm³/mol. The first-order valence-corrected chi connectivity index (χ1v) is 8.31. The van der Waals surface area contributed by atoms with Gasteiger partial charge in [-0.3, -0.25) is 9.59 Å². The summed E-state index contributed by atoms with van der Waals surface area (Å²) in [4.78, 5) is 28.2. The summed E-state index contributed by atoms with van der Waals surface area (Å²) in [6.07, 6.45) is 1.54. The van der Waals surface area contributed by atoms with Crippen molar-refractivity contribution < 1.29 is 9.59 Å². The van der Waals surface area contributed by atoms with Crippen LogP contribution in [-0.2, 0) is 0 Å². The molecule has 0 aliphatic rings. The van der Waals surface area contributed by atoms with Gasteiger partial charge in [0.15, 0.2) is 5.78 Å². The molecule has 0 spiro atoms. The summed E-state index contributed by atoms with van der Waals surface area (Å²) in [6, 6.07) is 17.3. The van der Waals surface area contributed by atoms with E-state index in [1.54, 1.807) is 48.7 Å². The number of rotatable bonds is 5. The Bertz CT molecular complexity index is 973. The summed E-state index contributed by atoms with van der Waals surface area (Å²) in [5.74, 6) is 0.148. The van der Waals surface area contributed by atoms with Crippen LogP contribution >= 0.6 is 11.6 Å². The summed E-state index contributed by atoms with van der Waals surface area (Å²) in [6.45, 7) is 1.48. The van der Waals surface area contributed by atoms with Gasteiger partial charge in [0.05, 0.1) is 10.7 Å². The lowest BCUT2D eigenvalue weighted by Crippen LogP contribution is -2.12. The van der Waals surface area contributed by atoms with Crippen LogP contribution in [0.5, 0.6) is 0 Å². The average molecular weight is 366 g/mol. The Morgan fingerprint density at radius 2 is 1.77 bits per heavy atom. The lowest BCUT2D eigenvalue weighted by molar-refractivity contribution is 0.101. The SMILES string of the molecule is CC(=O)c1cccc(NC(=O)c2ccnc(Nc3ccccc3Cl)c2)c1. The molecule has 0 aliphatic carbocycles. The highest BCUT2D eigenvalue weighted by Crippen LogP contribution is 2.24. The van der Waals surface area contributed by atoms with Gasteiger partial charge >= 0.3 is 0 Å². The Morgan fingerprint density at radius 1 is 0.962 bits per heavy atom. The Hall–Kier alpha value is -3.18. The van der Waals surface area contributed by atoms with E-state index in [2.05, 4.69) is 15.6 Å². The van der Waals surface area contributed by atoms with Crippen LogP contribution in [0.25, 0.3) is 0 Å². The van der Waals surface area contributed by atoms with E-state index >= 15 is 0 Å². The summed E-state index contributed by atoms with van der Waals surface area (Å²) in [5, 5.41) is 6.43. The number of ketones is 1. The van der Waals surface area contributed by atoms with Crippen LogP contribution in [0.4, 0.5) is 17.2 Å². The van der Waals surface area contributed by atoms with E-state index in [0.717, 1.165) is 0 Å². The minimum atomic E-state index is -0.296. The number of hydrogen-bond donors (Lipinski definition) is 2. The number of nitrogens with zero attached hydrogens (tertiary/aromatic N) is 1. The third-order valence-electron chi connectivity index (χ3n) is 3.69. The van der Waals surface area contributed by atoms with Gasteiger partial charge in [-0.1, -0.05) is 35.9 Å². The zero-order chi connectivity index (χ0) is 18.5. The smallest absolute Gasteiger partial charge is 0.255 e. The molecule has 1 heterocycles. The molecule has 0 unspecified atom stereocenters. The second-order valence-electron chi connectivity index (χ2n) is 5.63. The molecular formula is C20H16ClN3O2. The van der Waals surface area contributed by atoms with Gasteiger partial charge in [0.25, 0.3) is 5.91 Å². The van der Waals surface area contributed by atoms with Crippen molar-refractivity contribution in [3.63, 3.8) is 0 Å². The van der Waals surface area contributed by atoms with Gasteiger partial charge in [-0.15, -0.1) is 0 Å². The molecule has 6 heteroatoms. The molecule has 0 aliphatic heterocycles. The van der Waals surface area contributed by atoms with Crippen LogP contribution in [0.2, 0.25) is 5.02 Å². The van der Waals surface area contributed by atoms with Gasteiger partial charge in [-0.25, -0.2) is 4.98 Å². The van der Waals surface area contributed by atoms with E-state index in [9.17, 15) is 9.59 Å². The van der Waals surface area contributed by atoms with Crippen LogP contribution in [0, 0.1) is 0 Å². The van der Waals surface area contributed by atoms with Gasteiger partial charge < -0.3 is 10.6 Å². The molecular weight excluding hydrogens is 350 g/mol. The number of halogens is 1. The zero-order valence-corrected chi connectivity index (χ0v) is 14.7. The van der Waals surface area contributed by atoms with Gasteiger partial charge in [0.1, 0.15) is 5.82 Å². The number of carbonyl (C=O) groups excluding carboxylic acids is 2. The molecule has 0 saturated heterocycles. The van der Waals surface area contributed by atoms with Crippen molar-refractivity contribution in [1.29, 1.82) is 0 Å². The van der Waals surface area contributed by atoms with E-state index in [1.165, 1.54) is 6.92 Å². The van der Waals surface area contributed by atoms with Crippen molar-refractivity contribution in [2.45, 2.75) is 6.92 Å². The maximum atomic E-state index is 12.5. The van der Waals surface area contributed by atoms with E-state index in [4.69, 9.17) is 11.6 Å². The summed E-state index contributed by atoms with van der Waals surface area (Å²) >= 11 is 6.13. The van der Waals surface area contributed by atoms with Crippen LogP contribution < -0.4 is 10.6 Å². The van der Waals surface area contributed by atoms with Gasteiger partial charge in [-0.05, 0) is 43.3 Å². The number of pyridine rings is 1. The van der Waals surface area contributed by atoms with E-state index < -0.39 is 0 Å². The number of carbonyl (C=O) groups is 2. The highest BCUT2D eigenvalue weighted by Gasteiger charge is 2.09.